The molecule has 0 radical (unpaired) electrons. The highest BCUT2D eigenvalue weighted by Gasteiger charge is 2.10. The molecule has 1 heterocycles. The number of rotatable bonds is 12. The van der Waals surface area contributed by atoms with Crippen molar-refractivity contribution >= 4 is 11.9 Å². The summed E-state index contributed by atoms with van der Waals surface area (Å²) in [5.41, 5.74) is 6.74. The lowest BCUT2D eigenvalue weighted by atomic mass is 9.94. The molecule has 0 amide bonds. The number of hydrogen-bond acceptors (Lipinski definition) is 7. The molecule has 1 N–H and O–H groups in total. The predicted molar refractivity (Wildman–Crippen MR) is 133 cm³/mol. The summed E-state index contributed by atoms with van der Waals surface area (Å²) in [6, 6.07) is 12.6. The highest BCUT2D eigenvalue weighted by atomic mass is 16.5. The summed E-state index contributed by atoms with van der Waals surface area (Å²) in [7, 11) is 1.39. The van der Waals surface area contributed by atoms with E-state index in [1.165, 1.54) is 23.8 Å². The molecule has 0 atom stereocenters. The molecule has 0 saturated heterocycles. The van der Waals surface area contributed by atoms with Crippen molar-refractivity contribution in [3.63, 3.8) is 0 Å². The van der Waals surface area contributed by atoms with Crippen molar-refractivity contribution in [2.75, 3.05) is 32.2 Å². The zero-order valence-corrected chi connectivity index (χ0v) is 20.4. The fourth-order valence-electron chi connectivity index (χ4n) is 3.77. The Morgan fingerprint density at radius 3 is 2.41 bits per heavy atom. The first-order valence-electron chi connectivity index (χ1n) is 11.5. The highest BCUT2D eigenvalue weighted by molar-refractivity contribution is 5.72. The van der Waals surface area contributed by atoms with Gasteiger partial charge in [-0.25, -0.2) is 9.97 Å². The number of carbonyl (C=O) groups excluding carboxylic acids is 1. The molecule has 7 nitrogen and oxygen atoms in total. The van der Waals surface area contributed by atoms with E-state index in [9.17, 15) is 4.79 Å². The number of ether oxygens (including phenoxy) is 3. The third kappa shape index (κ3) is 7.28. The number of carbonyl (C=O) groups is 1. The lowest BCUT2D eigenvalue weighted by Crippen LogP contribution is -2.07. The van der Waals surface area contributed by atoms with E-state index in [1.807, 2.05) is 6.92 Å². The van der Waals surface area contributed by atoms with Gasteiger partial charge < -0.3 is 19.5 Å². The minimum absolute atomic E-state index is 0.240. The van der Waals surface area contributed by atoms with Crippen LogP contribution in [0.15, 0.2) is 48.8 Å². The zero-order chi connectivity index (χ0) is 24.3. The molecule has 7 heteroatoms. The minimum Gasteiger partial charge on any atom is -0.491 e. The standard InChI is InChI=1S/C27H33N3O4/c1-5-33-11-12-34-24-13-19(2)26(20(3)14-24)23-8-6-7-21(15-23)16-28-27-29-17-22(18-30-27)9-10-25(31)32-4/h6-8,13-15,17-18H,5,9-12,16H2,1-4H3,(H,28,29,30). The van der Waals surface area contributed by atoms with Crippen LogP contribution in [0, 0.1) is 13.8 Å². The molecule has 0 fully saturated rings. The van der Waals surface area contributed by atoms with Gasteiger partial charge in [0, 0.05) is 32.0 Å². The molecular weight excluding hydrogens is 430 g/mol. The summed E-state index contributed by atoms with van der Waals surface area (Å²) < 4.78 is 15.9. The van der Waals surface area contributed by atoms with E-state index in [0.717, 1.165) is 22.4 Å². The molecule has 34 heavy (non-hydrogen) atoms. The van der Waals surface area contributed by atoms with Gasteiger partial charge in [0.1, 0.15) is 12.4 Å². The zero-order valence-electron chi connectivity index (χ0n) is 20.4. The number of aromatic nitrogens is 2. The molecule has 0 unspecified atom stereocenters. The minimum atomic E-state index is -0.240. The van der Waals surface area contributed by atoms with Crippen molar-refractivity contribution in [2.45, 2.75) is 40.2 Å². The summed E-state index contributed by atoms with van der Waals surface area (Å²) in [5, 5.41) is 3.27. The summed E-state index contributed by atoms with van der Waals surface area (Å²) in [5.74, 6) is 1.17. The molecule has 3 aromatic rings. The van der Waals surface area contributed by atoms with Gasteiger partial charge in [-0.1, -0.05) is 18.2 Å². The average Bonchev–Trinajstić information content (AvgIpc) is 2.84. The second kappa shape index (κ2) is 12.7. The Kier molecular flexibility index (Phi) is 9.40. The number of esters is 1. The van der Waals surface area contributed by atoms with Gasteiger partial charge in [-0.15, -0.1) is 0 Å². The first-order valence-corrected chi connectivity index (χ1v) is 11.5. The number of hydrogen-bond donors (Lipinski definition) is 1. The van der Waals surface area contributed by atoms with Crippen LogP contribution in [-0.4, -0.2) is 42.9 Å². The maximum absolute atomic E-state index is 11.3. The third-order valence-corrected chi connectivity index (χ3v) is 5.42. The van der Waals surface area contributed by atoms with Crippen LogP contribution in [0.1, 0.15) is 35.6 Å². The summed E-state index contributed by atoms with van der Waals surface area (Å²) in [6.07, 6.45) is 4.35. The quantitative estimate of drug-likeness (QED) is 0.302. The van der Waals surface area contributed by atoms with Crippen molar-refractivity contribution in [3.05, 3.63) is 71.0 Å². The topological polar surface area (TPSA) is 82.6 Å². The van der Waals surface area contributed by atoms with Crippen LogP contribution in [0.4, 0.5) is 5.95 Å². The molecule has 0 saturated carbocycles. The smallest absolute Gasteiger partial charge is 0.305 e. The lowest BCUT2D eigenvalue weighted by molar-refractivity contribution is -0.140. The van der Waals surface area contributed by atoms with Gasteiger partial charge in [0.25, 0.3) is 0 Å². The Bertz CT molecular complexity index is 1060. The number of methoxy groups -OCH3 is 1. The first-order chi connectivity index (χ1) is 16.5. The molecule has 0 spiro atoms. The second-order valence-electron chi connectivity index (χ2n) is 8.02. The molecule has 2 aromatic carbocycles. The first kappa shape index (κ1) is 25.2. The maximum Gasteiger partial charge on any atom is 0.305 e. The summed E-state index contributed by atoms with van der Waals surface area (Å²) in [6.45, 7) is 8.63. The summed E-state index contributed by atoms with van der Waals surface area (Å²) >= 11 is 0. The van der Waals surface area contributed by atoms with Crippen LogP contribution in [0.3, 0.4) is 0 Å². The van der Waals surface area contributed by atoms with Gasteiger partial charge in [-0.2, -0.15) is 0 Å². The molecule has 0 bridgehead atoms. The predicted octanol–water partition coefficient (Wildman–Crippen LogP) is 4.89. The van der Waals surface area contributed by atoms with Crippen molar-refractivity contribution in [1.82, 2.24) is 9.97 Å². The summed E-state index contributed by atoms with van der Waals surface area (Å²) in [4.78, 5) is 20.0. The Balaban J connectivity index is 1.63. The molecule has 180 valence electrons. The van der Waals surface area contributed by atoms with Gasteiger partial charge >= 0.3 is 5.97 Å². The molecule has 3 rings (SSSR count). The van der Waals surface area contributed by atoms with Gasteiger partial charge in [-0.3, -0.25) is 4.79 Å². The fraction of sp³-hybridized carbons (Fsp3) is 0.370. The Labute approximate surface area is 201 Å². The van der Waals surface area contributed by atoms with Crippen LogP contribution in [-0.2, 0) is 27.2 Å². The largest absolute Gasteiger partial charge is 0.491 e. The number of nitrogens with one attached hydrogen (secondary N) is 1. The Morgan fingerprint density at radius 2 is 1.74 bits per heavy atom. The second-order valence-corrected chi connectivity index (χ2v) is 8.02. The van der Waals surface area contributed by atoms with Gasteiger partial charge in [0.15, 0.2) is 0 Å². The van der Waals surface area contributed by atoms with Crippen LogP contribution in [0.25, 0.3) is 11.1 Å². The van der Waals surface area contributed by atoms with E-state index in [2.05, 4.69) is 70.3 Å². The van der Waals surface area contributed by atoms with Crippen LogP contribution < -0.4 is 10.1 Å². The number of benzene rings is 2. The van der Waals surface area contributed by atoms with E-state index in [4.69, 9.17) is 9.47 Å². The number of nitrogens with zero attached hydrogens (tertiary/aromatic N) is 2. The fourth-order valence-corrected chi connectivity index (χ4v) is 3.77. The van der Waals surface area contributed by atoms with Crippen LogP contribution >= 0.6 is 0 Å². The van der Waals surface area contributed by atoms with E-state index in [1.54, 1.807) is 12.4 Å². The van der Waals surface area contributed by atoms with Gasteiger partial charge in [0.05, 0.1) is 13.7 Å². The van der Waals surface area contributed by atoms with E-state index in [-0.39, 0.29) is 5.97 Å². The molecule has 0 aliphatic rings. The molecular formula is C27H33N3O4. The van der Waals surface area contributed by atoms with Crippen molar-refractivity contribution in [3.8, 4) is 16.9 Å². The maximum atomic E-state index is 11.3. The Hall–Kier alpha value is -3.45. The number of aryl methyl sites for hydroxylation is 3. The van der Waals surface area contributed by atoms with Crippen molar-refractivity contribution in [1.29, 1.82) is 0 Å². The van der Waals surface area contributed by atoms with E-state index < -0.39 is 0 Å². The normalized spacial score (nSPS) is 10.7. The van der Waals surface area contributed by atoms with Crippen LogP contribution in [0.5, 0.6) is 5.75 Å². The number of anilines is 1. The monoisotopic (exact) mass is 463 g/mol. The van der Waals surface area contributed by atoms with Crippen molar-refractivity contribution < 1.29 is 19.0 Å². The SMILES string of the molecule is CCOCCOc1cc(C)c(-c2cccc(CNc3ncc(CCC(=O)OC)cn3)c2)c(C)c1. The Morgan fingerprint density at radius 1 is 1.00 bits per heavy atom. The van der Waals surface area contributed by atoms with Gasteiger partial charge in [-0.05, 0) is 78.8 Å². The third-order valence-electron chi connectivity index (χ3n) is 5.42. The van der Waals surface area contributed by atoms with E-state index >= 15 is 0 Å². The highest BCUT2D eigenvalue weighted by Crippen LogP contribution is 2.31. The van der Waals surface area contributed by atoms with Crippen molar-refractivity contribution in [2.24, 2.45) is 0 Å². The molecule has 0 aliphatic carbocycles. The lowest BCUT2D eigenvalue weighted by Gasteiger charge is -2.15. The van der Waals surface area contributed by atoms with Crippen LogP contribution in [0.2, 0.25) is 0 Å². The average molecular weight is 464 g/mol. The van der Waals surface area contributed by atoms with E-state index in [0.29, 0.717) is 45.2 Å². The molecule has 0 aliphatic heterocycles. The van der Waals surface area contributed by atoms with Gasteiger partial charge in [0.2, 0.25) is 5.95 Å². The molecule has 1 aromatic heterocycles.